The van der Waals surface area contributed by atoms with Crippen molar-refractivity contribution < 1.29 is 4.42 Å². The van der Waals surface area contributed by atoms with Crippen LogP contribution in [0.3, 0.4) is 0 Å². The highest BCUT2D eigenvalue weighted by Crippen LogP contribution is 2.46. The number of thiophene rings is 1. The van der Waals surface area contributed by atoms with E-state index in [-0.39, 0.29) is 0 Å². The second-order valence-corrected chi connectivity index (χ2v) is 16.4. The van der Waals surface area contributed by atoms with Crippen LogP contribution in [0.25, 0.3) is 97.0 Å². The minimum atomic E-state index is 0.868. The Bertz CT molecular complexity index is 3570. The summed E-state index contributed by atoms with van der Waals surface area (Å²) in [6.45, 7) is 0. The second kappa shape index (κ2) is 13.6. The first-order valence-corrected chi connectivity index (χ1v) is 20.9. The highest BCUT2D eigenvalue weighted by Gasteiger charge is 2.21. The lowest BCUT2D eigenvalue weighted by Crippen LogP contribution is -2.10. The maximum Gasteiger partial charge on any atom is 0.143 e. The molecule has 12 rings (SSSR count). The first-order valence-electron chi connectivity index (χ1n) is 20.1. The van der Waals surface area contributed by atoms with Crippen LogP contribution in [0.15, 0.2) is 217 Å². The summed E-state index contributed by atoms with van der Waals surface area (Å²) in [5, 5.41) is 9.59. The highest BCUT2D eigenvalue weighted by atomic mass is 32.1. The summed E-state index contributed by atoms with van der Waals surface area (Å²) in [5.74, 6) is 0. The molecule has 0 aliphatic heterocycles. The molecule has 0 fully saturated rings. The van der Waals surface area contributed by atoms with Crippen molar-refractivity contribution in [1.29, 1.82) is 0 Å². The van der Waals surface area contributed by atoms with Crippen molar-refractivity contribution in [3.05, 3.63) is 212 Å². The van der Waals surface area contributed by atoms with Crippen molar-refractivity contribution in [3.63, 3.8) is 0 Å². The molecular weight excluding hydrogens is 735 g/mol. The van der Waals surface area contributed by atoms with Gasteiger partial charge in [0.2, 0.25) is 0 Å². The fourth-order valence-electron chi connectivity index (χ4n) is 8.93. The van der Waals surface area contributed by atoms with Gasteiger partial charge in [0.1, 0.15) is 11.2 Å². The van der Waals surface area contributed by atoms with E-state index < -0.39 is 0 Å². The number of rotatable bonds is 6. The molecule has 0 saturated carbocycles. The molecule has 0 aliphatic carbocycles. The molecule has 0 spiro atoms. The minimum Gasteiger partial charge on any atom is -0.455 e. The number of furan rings is 1. The summed E-state index contributed by atoms with van der Waals surface area (Å²) in [7, 11) is 0. The van der Waals surface area contributed by atoms with Gasteiger partial charge in [-0.1, -0.05) is 140 Å². The van der Waals surface area contributed by atoms with Crippen LogP contribution in [0.4, 0.5) is 17.1 Å². The lowest BCUT2D eigenvalue weighted by Gasteiger charge is -2.27. The number of nitrogens with zero attached hydrogens (tertiary/aromatic N) is 1. The van der Waals surface area contributed by atoms with Gasteiger partial charge in [-0.2, -0.15) is 0 Å². The standard InChI is InChI=1S/C56H35NOS/c1-2-12-39-33-43(23-22-36(39)10-1)41-14-7-13-40(32-41)37-24-28-45(29-25-37)57(51-19-9-20-52-55(51)49-30-26-38-11-3-4-17-47(38)56(49)58-52)46-16-8-15-42(34-46)44-27-31-54-50(35-44)48-18-5-6-21-53(48)59-54/h1-35H. The van der Waals surface area contributed by atoms with Crippen LogP contribution in [0, 0.1) is 0 Å². The topological polar surface area (TPSA) is 16.4 Å². The van der Waals surface area contributed by atoms with Crippen molar-refractivity contribution in [2.24, 2.45) is 0 Å². The molecule has 59 heavy (non-hydrogen) atoms. The molecule has 2 heterocycles. The highest BCUT2D eigenvalue weighted by molar-refractivity contribution is 7.25. The molecule has 0 unspecified atom stereocenters. The molecule has 0 saturated heterocycles. The lowest BCUT2D eigenvalue weighted by atomic mass is 9.97. The summed E-state index contributed by atoms with van der Waals surface area (Å²) in [6.07, 6.45) is 0. The van der Waals surface area contributed by atoms with Crippen LogP contribution in [0.5, 0.6) is 0 Å². The first kappa shape index (κ1) is 33.7. The molecule has 276 valence electrons. The summed E-state index contributed by atoms with van der Waals surface area (Å²) >= 11 is 1.85. The van der Waals surface area contributed by atoms with Crippen LogP contribution in [0.1, 0.15) is 0 Å². The van der Waals surface area contributed by atoms with Crippen LogP contribution in [0.2, 0.25) is 0 Å². The average molecular weight is 770 g/mol. The zero-order valence-corrected chi connectivity index (χ0v) is 32.8. The molecular formula is C56H35NOS. The Hall–Kier alpha value is -7.46. The predicted octanol–water partition coefficient (Wildman–Crippen LogP) is 16.7. The van der Waals surface area contributed by atoms with Gasteiger partial charge in [0.15, 0.2) is 0 Å². The smallest absolute Gasteiger partial charge is 0.143 e. The quantitative estimate of drug-likeness (QED) is 0.167. The Morgan fingerprint density at radius 1 is 0.339 bits per heavy atom. The Morgan fingerprint density at radius 3 is 1.85 bits per heavy atom. The third kappa shape index (κ3) is 5.70. The summed E-state index contributed by atoms with van der Waals surface area (Å²) < 4.78 is 9.34. The third-order valence-corrected chi connectivity index (χ3v) is 13.0. The van der Waals surface area contributed by atoms with E-state index in [1.807, 2.05) is 11.3 Å². The van der Waals surface area contributed by atoms with Gasteiger partial charge in [0, 0.05) is 42.3 Å². The SMILES string of the molecule is c1cc(-c2ccc(N(c3cccc(-c4ccc5sc6ccccc6c5c4)c3)c3cccc4oc5c6ccccc6ccc5c34)cc2)cc(-c2ccc3ccccc3c2)c1. The lowest BCUT2D eigenvalue weighted by molar-refractivity contribution is 0.672. The Labute approximate surface area is 345 Å². The fourth-order valence-corrected chi connectivity index (χ4v) is 10.0. The van der Waals surface area contributed by atoms with Crippen molar-refractivity contribution >= 4 is 92.1 Å². The van der Waals surface area contributed by atoms with E-state index >= 15 is 0 Å². The summed E-state index contributed by atoms with van der Waals surface area (Å²) in [5.41, 5.74) is 12.1. The van der Waals surface area contributed by atoms with Crippen LogP contribution < -0.4 is 4.90 Å². The third-order valence-electron chi connectivity index (χ3n) is 11.8. The zero-order valence-electron chi connectivity index (χ0n) is 32.0. The van der Waals surface area contributed by atoms with E-state index in [0.29, 0.717) is 0 Å². The molecule has 2 nitrogen and oxygen atoms in total. The number of hydrogen-bond acceptors (Lipinski definition) is 3. The predicted molar refractivity (Wildman–Crippen MR) is 253 cm³/mol. The van der Waals surface area contributed by atoms with Gasteiger partial charge in [0.05, 0.1) is 11.1 Å². The summed E-state index contributed by atoms with van der Waals surface area (Å²) in [6, 6.07) is 77.0. The molecule has 0 atom stereocenters. The monoisotopic (exact) mass is 769 g/mol. The van der Waals surface area contributed by atoms with Gasteiger partial charge in [0.25, 0.3) is 0 Å². The Balaban J connectivity index is 1.00. The molecule has 2 aromatic heterocycles. The Morgan fingerprint density at radius 2 is 0.966 bits per heavy atom. The molecule has 3 heteroatoms. The van der Waals surface area contributed by atoms with Crippen molar-refractivity contribution in [1.82, 2.24) is 0 Å². The van der Waals surface area contributed by atoms with E-state index in [1.165, 1.54) is 69.7 Å². The maximum absolute atomic E-state index is 6.71. The van der Waals surface area contributed by atoms with E-state index in [2.05, 4.69) is 217 Å². The van der Waals surface area contributed by atoms with Gasteiger partial charge in [-0.15, -0.1) is 11.3 Å². The van der Waals surface area contributed by atoms with E-state index in [4.69, 9.17) is 4.42 Å². The van der Waals surface area contributed by atoms with E-state index in [1.54, 1.807) is 0 Å². The molecule has 0 aliphatic rings. The van der Waals surface area contributed by atoms with Crippen LogP contribution in [-0.2, 0) is 0 Å². The second-order valence-electron chi connectivity index (χ2n) is 15.3. The number of hydrogen-bond donors (Lipinski definition) is 0. The van der Waals surface area contributed by atoms with Gasteiger partial charge < -0.3 is 9.32 Å². The van der Waals surface area contributed by atoms with Crippen molar-refractivity contribution in [3.8, 4) is 33.4 Å². The van der Waals surface area contributed by atoms with Crippen LogP contribution >= 0.6 is 11.3 Å². The van der Waals surface area contributed by atoms with E-state index in [0.717, 1.165) is 44.4 Å². The van der Waals surface area contributed by atoms with Gasteiger partial charge in [-0.3, -0.25) is 0 Å². The normalized spacial score (nSPS) is 11.7. The molecule has 10 aromatic carbocycles. The largest absolute Gasteiger partial charge is 0.455 e. The Kier molecular flexibility index (Phi) is 7.75. The maximum atomic E-state index is 6.71. The molecule has 0 bridgehead atoms. The van der Waals surface area contributed by atoms with E-state index in [9.17, 15) is 0 Å². The minimum absolute atomic E-state index is 0.868. The molecule has 0 amide bonds. The molecule has 12 aromatic rings. The van der Waals surface area contributed by atoms with Gasteiger partial charge >= 0.3 is 0 Å². The number of fused-ring (bicyclic) bond motifs is 9. The molecule has 0 radical (unpaired) electrons. The van der Waals surface area contributed by atoms with Crippen molar-refractivity contribution in [2.45, 2.75) is 0 Å². The van der Waals surface area contributed by atoms with Gasteiger partial charge in [-0.25, -0.2) is 0 Å². The molecule has 0 N–H and O–H groups in total. The van der Waals surface area contributed by atoms with Crippen LogP contribution in [-0.4, -0.2) is 0 Å². The fraction of sp³-hybridized carbons (Fsp3) is 0. The zero-order chi connectivity index (χ0) is 38.9. The summed E-state index contributed by atoms with van der Waals surface area (Å²) in [4.78, 5) is 2.39. The number of benzene rings is 10. The first-order chi connectivity index (χ1) is 29.2. The van der Waals surface area contributed by atoms with Gasteiger partial charge in [-0.05, 0) is 122 Å². The average Bonchev–Trinajstić information content (AvgIpc) is 3.88. The van der Waals surface area contributed by atoms with Crippen molar-refractivity contribution in [2.75, 3.05) is 4.90 Å². The number of anilines is 3.